The van der Waals surface area contributed by atoms with E-state index in [2.05, 4.69) is 10.6 Å². The molecule has 0 bridgehead atoms. The van der Waals surface area contributed by atoms with Gasteiger partial charge < -0.3 is 20.3 Å². The van der Waals surface area contributed by atoms with Gasteiger partial charge in [-0.05, 0) is 43.0 Å². The molecule has 4 rings (SSSR count). The zero-order chi connectivity index (χ0) is 27.2. The van der Waals surface area contributed by atoms with Gasteiger partial charge in [-0.15, -0.1) is 0 Å². The topological polar surface area (TPSA) is 105 Å². The van der Waals surface area contributed by atoms with Crippen molar-refractivity contribution in [3.05, 3.63) is 76.6 Å². The van der Waals surface area contributed by atoms with Gasteiger partial charge in [0.15, 0.2) is 0 Å². The molecule has 3 amide bonds. The summed E-state index contributed by atoms with van der Waals surface area (Å²) in [5, 5.41) is 5.68. The van der Waals surface area contributed by atoms with Crippen LogP contribution in [-0.2, 0) is 23.9 Å². The Morgan fingerprint density at radius 3 is 2.66 bits per heavy atom. The fourth-order valence-corrected chi connectivity index (χ4v) is 5.13. The number of benzene rings is 2. The third kappa shape index (κ3) is 6.39. The Morgan fingerprint density at radius 2 is 2.00 bits per heavy atom. The van der Waals surface area contributed by atoms with Gasteiger partial charge in [-0.1, -0.05) is 48.0 Å². The molecule has 0 spiro atoms. The lowest BCUT2D eigenvalue weighted by atomic mass is 9.95. The maximum absolute atomic E-state index is 14.2. The van der Waals surface area contributed by atoms with E-state index in [1.54, 1.807) is 0 Å². The quantitative estimate of drug-likeness (QED) is 0.395. The van der Waals surface area contributed by atoms with E-state index in [0.717, 1.165) is 11.6 Å². The monoisotopic (exact) mass is 541 g/mol. The maximum atomic E-state index is 14.2. The van der Waals surface area contributed by atoms with Crippen LogP contribution in [0.5, 0.6) is 0 Å². The molecular formula is C28H29ClFN3O5. The highest BCUT2D eigenvalue weighted by molar-refractivity contribution is 6.30. The fraction of sp³-hybridized carbons (Fsp3) is 0.357. The fourth-order valence-electron chi connectivity index (χ4n) is 4.97. The predicted molar refractivity (Wildman–Crippen MR) is 139 cm³/mol. The number of likely N-dealkylation sites (tertiary alicyclic amines) is 1. The van der Waals surface area contributed by atoms with Gasteiger partial charge >= 0.3 is 5.97 Å². The summed E-state index contributed by atoms with van der Waals surface area (Å²) in [7, 11) is 1.22. The maximum Gasteiger partial charge on any atom is 0.328 e. The van der Waals surface area contributed by atoms with Crippen molar-refractivity contribution in [2.45, 2.75) is 37.3 Å². The highest BCUT2D eigenvalue weighted by atomic mass is 35.5. The number of hydrogen-bond donors (Lipinski definition) is 2. The molecule has 0 aliphatic carbocycles. The van der Waals surface area contributed by atoms with Crippen LogP contribution in [0.2, 0.25) is 5.02 Å². The molecule has 2 fully saturated rings. The van der Waals surface area contributed by atoms with Crippen LogP contribution in [0.15, 0.2) is 54.6 Å². The first-order valence-electron chi connectivity index (χ1n) is 12.4. The molecule has 0 saturated carbocycles. The van der Waals surface area contributed by atoms with Crippen molar-refractivity contribution in [3.63, 3.8) is 0 Å². The van der Waals surface area contributed by atoms with E-state index in [0.29, 0.717) is 19.4 Å². The SMILES string of the molecule is COC(=O)C(C[C@@H]1CCNC1=O)NC(=O)[C@@H]1C[C@@H](c2ccccc2)CN1C(=O)/C=C/c1ccc(Cl)cc1F. The van der Waals surface area contributed by atoms with Crippen molar-refractivity contribution in [1.82, 2.24) is 15.5 Å². The minimum absolute atomic E-state index is 0.1000. The summed E-state index contributed by atoms with van der Waals surface area (Å²) in [6.45, 7) is 0.776. The van der Waals surface area contributed by atoms with Gasteiger partial charge in [0.2, 0.25) is 17.7 Å². The number of carbonyl (C=O) groups excluding carboxylic acids is 4. The predicted octanol–water partition coefficient (Wildman–Crippen LogP) is 3.06. The van der Waals surface area contributed by atoms with Crippen molar-refractivity contribution in [3.8, 4) is 0 Å². The van der Waals surface area contributed by atoms with Crippen LogP contribution >= 0.6 is 11.6 Å². The first kappa shape index (κ1) is 27.3. The molecular weight excluding hydrogens is 513 g/mol. The molecule has 0 radical (unpaired) electrons. The zero-order valence-electron chi connectivity index (χ0n) is 20.9. The number of hydrogen-bond acceptors (Lipinski definition) is 5. The standard InChI is InChI=1S/C28H29ClFN3O5/c1-38-28(37)23(13-19-11-12-31-26(19)35)32-27(36)24-14-20(17-5-3-2-4-6-17)16-33(24)25(34)10-8-18-7-9-21(29)15-22(18)30/h2-10,15,19-20,23-24H,11-14,16H2,1H3,(H,31,35)(H,32,36)/b10-8+/t19-,20+,23?,24-/m0/s1. The smallest absolute Gasteiger partial charge is 0.328 e. The lowest BCUT2D eigenvalue weighted by Gasteiger charge is -2.25. The average Bonchev–Trinajstić information content (AvgIpc) is 3.54. The second-order valence-electron chi connectivity index (χ2n) is 9.45. The van der Waals surface area contributed by atoms with Crippen molar-refractivity contribution in [2.24, 2.45) is 5.92 Å². The minimum atomic E-state index is -1.03. The van der Waals surface area contributed by atoms with E-state index < -0.39 is 41.6 Å². The van der Waals surface area contributed by atoms with Gasteiger partial charge in [-0.25, -0.2) is 9.18 Å². The summed E-state index contributed by atoms with van der Waals surface area (Å²) in [6.07, 6.45) is 3.55. The molecule has 38 heavy (non-hydrogen) atoms. The van der Waals surface area contributed by atoms with E-state index in [-0.39, 0.29) is 35.4 Å². The Labute approximate surface area is 225 Å². The average molecular weight is 542 g/mol. The highest BCUT2D eigenvalue weighted by Crippen LogP contribution is 2.32. The Bertz CT molecular complexity index is 1240. The van der Waals surface area contributed by atoms with Gasteiger partial charge in [0, 0.05) is 41.6 Å². The van der Waals surface area contributed by atoms with Crippen LogP contribution in [0.3, 0.4) is 0 Å². The number of amides is 3. The molecule has 1 unspecified atom stereocenters. The zero-order valence-corrected chi connectivity index (χ0v) is 21.6. The van der Waals surface area contributed by atoms with E-state index in [9.17, 15) is 23.6 Å². The molecule has 200 valence electrons. The third-order valence-corrected chi connectivity index (χ3v) is 7.25. The normalized spacial score (nSPS) is 21.8. The van der Waals surface area contributed by atoms with Crippen LogP contribution < -0.4 is 10.6 Å². The van der Waals surface area contributed by atoms with Crippen molar-refractivity contribution in [2.75, 3.05) is 20.2 Å². The summed E-state index contributed by atoms with van der Waals surface area (Å²) in [4.78, 5) is 52.7. The summed E-state index contributed by atoms with van der Waals surface area (Å²) < 4.78 is 19.1. The molecule has 2 heterocycles. The largest absolute Gasteiger partial charge is 0.467 e. The second-order valence-corrected chi connectivity index (χ2v) is 9.88. The molecule has 0 aromatic heterocycles. The highest BCUT2D eigenvalue weighted by Gasteiger charge is 2.41. The molecule has 2 saturated heterocycles. The Morgan fingerprint density at radius 1 is 1.24 bits per heavy atom. The number of esters is 1. The molecule has 10 heteroatoms. The number of methoxy groups -OCH3 is 1. The van der Waals surface area contributed by atoms with E-state index in [4.69, 9.17) is 16.3 Å². The van der Waals surface area contributed by atoms with Crippen LogP contribution in [0, 0.1) is 11.7 Å². The number of nitrogens with one attached hydrogen (secondary N) is 2. The minimum Gasteiger partial charge on any atom is -0.467 e. The van der Waals surface area contributed by atoms with E-state index in [1.807, 2.05) is 30.3 Å². The molecule has 2 aliphatic heterocycles. The Hall–Kier alpha value is -3.72. The lowest BCUT2D eigenvalue weighted by Crippen LogP contribution is -2.51. The molecule has 4 atom stereocenters. The molecule has 2 N–H and O–H groups in total. The molecule has 2 aromatic rings. The van der Waals surface area contributed by atoms with Gasteiger partial charge in [0.05, 0.1) is 7.11 Å². The number of nitrogens with zero attached hydrogens (tertiary/aromatic N) is 1. The van der Waals surface area contributed by atoms with Gasteiger partial charge in [-0.3, -0.25) is 14.4 Å². The van der Waals surface area contributed by atoms with E-state index in [1.165, 1.54) is 36.3 Å². The summed E-state index contributed by atoms with van der Waals surface area (Å²) in [5.41, 5.74) is 1.16. The van der Waals surface area contributed by atoms with Crippen molar-refractivity contribution in [1.29, 1.82) is 0 Å². The molecule has 2 aliphatic rings. The number of halogens is 2. The Kier molecular flexibility index (Phi) is 8.78. The second kappa shape index (κ2) is 12.2. The first-order valence-corrected chi connectivity index (χ1v) is 12.8. The van der Waals surface area contributed by atoms with Crippen LogP contribution in [0.1, 0.15) is 36.3 Å². The van der Waals surface area contributed by atoms with Gasteiger partial charge in [-0.2, -0.15) is 0 Å². The number of rotatable bonds is 8. The third-order valence-electron chi connectivity index (χ3n) is 7.01. The summed E-state index contributed by atoms with van der Waals surface area (Å²) in [6, 6.07) is 11.7. The van der Waals surface area contributed by atoms with Crippen molar-refractivity contribution < 1.29 is 28.3 Å². The molecule has 2 aromatic carbocycles. The molecule has 8 nitrogen and oxygen atoms in total. The number of ether oxygens (including phenoxy) is 1. The van der Waals surface area contributed by atoms with Crippen LogP contribution in [-0.4, -0.2) is 60.9 Å². The Balaban J connectivity index is 1.55. The first-order chi connectivity index (χ1) is 18.3. The van der Waals surface area contributed by atoms with Crippen LogP contribution in [0.4, 0.5) is 4.39 Å². The summed E-state index contributed by atoms with van der Waals surface area (Å²) in [5.74, 6) is -2.93. The van der Waals surface area contributed by atoms with Crippen molar-refractivity contribution >= 4 is 41.4 Å². The van der Waals surface area contributed by atoms with Crippen LogP contribution in [0.25, 0.3) is 6.08 Å². The van der Waals surface area contributed by atoms with Gasteiger partial charge in [0.1, 0.15) is 17.9 Å². The number of carbonyl (C=O) groups is 4. The lowest BCUT2D eigenvalue weighted by molar-refractivity contribution is -0.146. The van der Waals surface area contributed by atoms with Gasteiger partial charge in [0.25, 0.3) is 0 Å². The van der Waals surface area contributed by atoms with E-state index >= 15 is 0 Å². The summed E-state index contributed by atoms with van der Waals surface area (Å²) >= 11 is 5.81.